The average molecular weight is 714 g/mol. The van der Waals surface area contributed by atoms with Crippen molar-refractivity contribution in [1.82, 2.24) is 19.8 Å². The molecule has 2 N–H and O–H groups in total. The topological polar surface area (TPSA) is 124 Å². The van der Waals surface area contributed by atoms with Crippen LogP contribution >= 0.6 is 11.8 Å². The van der Waals surface area contributed by atoms with Gasteiger partial charge in [-0.1, -0.05) is 18.2 Å². The summed E-state index contributed by atoms with van der Waals surface area (Å²) in [5, 5.41) is 6.45. The summed E-state index contributed by atoms with van der Waals surface area (Å²) in [6.45, 7) is 2.09. The molecular formula is C39H47N5O6S. The smallest absolute Gasteiger partial charge is 0.245 e. The Balaban J connectivity index is 1.42. The number of hydrogen-bond acceptors (Lipinski definition) is 9. The third-order valence-electron chi connectivity index (χ3n) is 10.1. The lowest BCUT2D eigenvalue weighted by Gasteiger charge is -2.37. The van der Waals surface area contributed by atoms with Crippen LogP contribution in [0.1, 0.15) is 68.1 Å². The van der Waals surface area contributed by atoms with Gasteiger partial charge < -0.3 is 34.3 Å². The number of likely N-dealkylation sites (tertiary alicyclic amines) is 1. The zero-order valence-corrected chi connectivity index (χ0v) is 31.0. The minimum atomic E-state index is -0.639. The number of anilines is 1. The van der Waals surface area contributed by atoms with E-state index in [-0.39, 0.29) is 23.3 Å². The quantitative estimate of drug-likeness (QED) is 0.192. The number of carbonyl (C=O) groups excluding carboxylic acids is 2. The SMILES string of the molecule is COc1cc2c(c(OC)c1OC)-c1ccc(N[C@@H](CCSC)C(=O)N3CCCC[C@H]3c3nc4ccccc4n3C)c(=O)cc1[C@@H](NC(C)=O)CC2. The highest BCUT2D eigenvalue weighted by Crippen LogP contribution is 2.50. The van der Waals surface area contributed by atoms with Gasteiger partial charge in [0.25, 0.3) is 0 Å². The number of fused-ring (bicyclic) bond motifs is 4. The van der Waals surface area contributed by atoms with Crippen LogP contribution in [0.5, 0.6) is 17.2 Å². The minimum absolute atomic E-state index is 0.0479. The van der Waals surface area contributed by atoms with Crippen molar-refractivity contribution in [2.75, 3.05) is 45.2 Å². The Hall–Kier alpha value is -4.71. The van der Waals surface area contributed by atoms with Crippen LogP contribution in [0.15, 0.2) is 53.3 Å². The first-order valence-corrected chi connectivity index (χ1v) is 18.8. The van der Waals surface area contributed by atoms with Crippen LogP contribution in [0.2, 0.25) is 0 Å². The first kappa shape index (κ1) is 36.1. The lowest BCUT2D eigenvalue weighted by Crippen LogP contribution is -2.47. The molecule has 12 heteroatoms. The van der Waals surface area contributed by atoms with Crippen molar-refractivity contribution < 1.29 is 23.8 Å². The van der Waals surface area contributed by atoms with Crippen LogP contribution in [0, 0.1) is 0 Å². The number of piperidine rings is 1. The van der Waals surface area contributed by atoms with Crippen molar-refractivity contribution in [1.29, 1.82) is 0 Å². The lowest BCUT2D eigenvalue weighted by atomic mass is 9.95. The molecule has 1 saturated heterocycles. The Bertz CT molecular complexity index is 2000. The molecule has 0 spiro atoms. The highest BCUT2D eigenvalue weighted by molar-refractivity contribution is 7.98. The van der Waals surface area contributed by atoms with Gasteiger partial charge in [0.05, 0.1) is 50.1 Å². The maximum atomic E-state index is 14.6. The third kappa shape index (κ3) is 7.11. The van der Waals surface area contributed by atoms with E-state index in [1.807, 2.05) is 54.6 Å². The molecule has 11 nitrogen and oxygen atoms in total. The van der Waals surface area contributed by atoms with Gasteiger partial charge in [0.1, 0.15) is 11.9 Å². The molecule has 4 aromatic rings. The first-order chi connectivity index (χ1) is 24.7. The number of aromatic nitrogens is 2. The van der Waals surface area contributed by atoms with E-state index in [0.717, 1.165) is 58.6 Å². The van der Waals surface area contributed by atoms with Gasteiger partial charge in [-0.05, 0) is 97.6 Å². The van der Waals surface area contributed by atoms with Crippen LogP contribution in [0.4, 0.5) is 5.69 Å². The van der Waals surface area contributed by atoms with Crippen LogP contribution in [-0.2, 0) is 23.1 Å². The molecule has 1 aliphatic carbocycles. The predicted octanol–water partition coefficient (Wildman–Crippen LogP) is 6.04. The summed E-state index contributed by atoms with van der Waals surface area (Å²) in [7, 11) is 6.72. The molecule has 3 atom stereocenters. The van der Waals surface area contributed by atoms with Crippen molar-refractivity contribution in [2.45, 2.75) is 63.6 Å². The Morgan fingerprint density at radius 1 is 1.02 bits per heavy atom. The zero-order chi connectivity index (χ0) is 36.2. The van der Waals surface area contributed by atoms with E-state index in [1.54, 1.807) is 45.2 Å². The Kier molecular flexibility index (Phi) is 11.1. The van der Waals surface area contributed by atoms with Gasteiger partial charge in [-0.3, -0.25) is 14.4 Å². The Labute approximate surface area is 303 Å². The number of hydrogen-bond donors (Lipinski definition) is 2. The summed E-state index contributed by atoms with van der Waals surface area (Å²) in [5.41, 5.74) is 5.08. The molecular weight excluding hydrogens is 667 g/mol. The number of para-hydroxylation sites is 2. The molecule has 2 aliphatic rings. The molecule has 2 amide bonds. The number of methoxy groups -OCH3 is 3. The van der Waals surface area contributed by atoms with E-state index in [9.17, 15) is 14.4 Å². The molecule has 1 fully saturated rings. The minimum Gasteiger partial charge on any atom is -0.493 e. The van der Waals surface area contributed by atoms with Gasteiger partial charge in [-0.15, -0.1) is 0 Å². The Morgan fingerprint density at radius 2 is 1.80 bits per heavy atom. The summed E-state index contributed by atoms with van der Waals surface area (Å²) >= 11 is 1.66. The van der Waals surface area contributed by atoms with Crippen molar-refractivity contribution >= 4 is 40.3 Å². The van der Waals surface area contributed by atoms with Gasteiger partial charge >= 0.3 is 0 Å². The summed E-state index contributed by atoms with van der Waals surface area (Å²) < 4.78 is 19.4. The predicted molar refractivity (Wildman–Crippen MR) is 202 cm³/mol. The van der Waals surface area contributed by atoms with Crippen LogP contribution in [-0.4, -0.2) is 72.2 Å². The lowest BCUT2D eigenvalue weighted by molar-refractivity contribution is -0.136. The summed E-state index contributed by atoms with van der Waals surface area (Å²) in [4.78, 5) is 48.1. The largest absolute Gasteiger partial charge is 0.493 e. The van der Waals surface area contributed by atoms with Crippen molar-refractivity contribution in [2.24, 2.45) is 7.05 Å². The number of aryl methyl sites for hydroxylation is 2. The van der Waals surface area contributed by atoms with Gasteiger partial charge in [0, 0.05) is 26.1 Å². The van der Waals surface area contributed by atoms with Gasteiger partial charge in [0.2, 0.25) is 23.0 Å². The molecule has 2 heterocycles. The fourth-order valence-corrected chi connectivity index (χ4v) is 8.11. The number of carbonyl (C=O) groups is 2. The highest BCUT2D eigenvalue weighted by atomic mass is 32.2. The van der Waals surface area contributed by atoms with Crippen LogP contribution in [0.25, 0.3) is 22.2 Å². The van der Waals surface area contributed by atoms with E-state index in [1.165, 1.54) is 6.92 Å². The molecule has 1 aliphatic heterocycles. The van der Waals surface area contributed by atoms with E-state index < -0.39 is 12.1 Å². The molecule has 51 heavy (non-hydrogen) atoms. The van der Waals surface area contributed by atoms with E-state index >= 15 is 0 Å². The maximum absolute atomic E-state index is 14.6. The molecule has 0 saturated carbocycles. The van der Waals surface area contributed by atoms with Crippen molar-refractivity contribution in [3.8, 4) is 28.4 Å². The van der Waals surface area contributed by atoms with Crippen LogP contribution in [0.3, 0.4) is 0 Å². The zero-order valence-electron chi connectivity index (χ0n) is 30.2. The number of rotatable bonds is 11. The standard InChI is InChI=1S/C39H47N5O6S/c1-23(45)40-27-16-14-24-21-34(48-3)36(49-4)37(50-5)35(24)25-15-17-29(33(46)22-26(25)27)41-30(18-20-51-6)39(47)44-19-10-9-13-32(44)38-42-28-11-7-8-12-31(28)43(38)2/h7-8,11-12,15,17,21-22,27,30,32H,9-10,13-14,16,18-20H2,1-6H3,(H,40,45)(H,41,46)/t27-,30-,32-/m0/s1. The molecule has 6 rings (SSSR count). The van der Waals surface area contributed by atoms with Gasteiger partial charge in [-0.25, -0.2) is 4.98 Å². The van der Waals surface area contributed by atoms with Crippen molar-refractivity contribution in [3.63, 3.8) is 0 Å². The molecule has 0 radical (unpaired) electrons. The number of ether oxygens (including phenoxy) is 3. The molecule has 0 unspecified atom stereocenters. The number of nitrogens with one attached hydrogen (secondary N) is 2. The molecule has 270 valence electrons. The normalized spacial score (nSPS) is 17.5. The average Bonchev–Trinajstić information content (AvgIpc) is 3.30. The van der Waals surface area contributed by atoms with E-state index in [0.29, 0.717) is 54.3 Å². The number of nitrogens with zero attached hydrogens (tertiary/aromatic N) is 3. The molecule has 0 bridgehead atoms. The monoisotopic (exact) mass is 713 g/mol. The summed E-state index contributed by atoms with van der Waals surface area (Å²) in [6, 6.07) is 13.9. The fraction of sp³-hybridized carbons (Fsp3) is 0.436. The summed E-state index contributed by atoms with van der Waals surface area (Å²) in [5.74, 6) is 2.81. The Morgan fingerprint density at radius 3 is 2.51 bits per heavy atom. The second-order valence-corrected chi connectivity index (χ2v) is 14.1. The highest BCUT2D eigenvalue weighted by Gasteiger charge is 2.35. The second-order valence-electron chi connectivity index (χ2n) is 13.1. The van der Waals surface area contributed by atoms with Gasteiger partial charge in [-0.2, -0.15) is 11.8 Å². The van der Waals surface area contributed by atoms with Gasteiger partial charge in [0.15, 0.2) is 11.5 Å². The second kappa shape index (κ2) is 15.7. The number of thioether (sulfide) groups is 1. The van der Waals surface area contributed by atoms with E-state index in [4.69, 9.17) is 19.2 Å². The molecule has 1 aromatic heterocycles. The number of imidazole rings is 1. The van der Waals surface area contributed by atoms with Crippen molar-refractivity contribution in [3.05, 3.63) is 75.7 Å². The molecule has 3 aromatic carbocycles. The van der Waals surface area contributed by atoms with Crippen LogP contribution < -0.4 is 30.3 Å². The first-order valence-electron chi connectivity index (χ1n) is 17.5. The number of amides is 2. The third-order valence-corrected chi connectivity index (χ3v) is 10.7. The van der Waals surface area contributed by atoms with E-state index in [2.05, 4.69) is 15.2 Å². The fourth-order valence-electron chi connectivity index (χ4n) is 7.63. The maximum Gasteiger partial charge on any atom is 0.245 e. The summed E-state index contributed by atoms with van der Waals surface area (Å²) in [6.07, 6.45) is 6.42. The number of benzene rings is 2.